The molecule has 68 valence electrons. The predicted molar refractivity (Wildman–Crippen MR) is 48.4 cm³/mol. The molecule has 0 aromatic rings. The Hall–Kier alpha value is 1.45. The van der Waals surface area contributed by atoms with Crippen molar-refractivity contribution in [3.05, 3.63) is 0 Å². The quantitative estimate of drug-likeness (QED) is 0.374. The first kappa shape index (κ1) is 15.9. The zero-order valence-corrected chi connectivity index (χ0v) is 12.1. The largest absolute Gasteiger partial charge is 1.00 e. The van der Waals surface area contributed by atoms with Crippen LogP contribution in [0.4, 0.5) is 0 Å². The van der Waals surface area contributed by atoms with Crippen LogP contribution in [0.1, 0.15) is 6.42 Å². The minimum atomic E-state index is -2.31. The Morgan fingerprint density at radius 2 is 1.50 bits per heavy atom. The van der Waals surface area contributed by atoms with Crippen molar-refractivity contribution in [2.45, 2.75) is 12.5 Å². The molecule has 6 heteroatoms. The molecule has 0 amide bonds. The summed E-state index contributed by atoms with van der Waals surface area (Å²) in [7, 11) is 2.54. The molecule has 0 aromatic heterocycles. The minimum absolute atomic E-state index is 0. The van der Waals surface area contributed by atoms with Gasteiger partial charge in [0.25, 0.3) is 0 Å². The van der Waals surface area contributed by atoms with Gasteiger partial charge in [-0.05, 0) is 0 Å². The Labute approximate surface area is 103 Å². The van der Waals surface area contributed by atoms with E-state index in [-0.39, 0.29) is 29.6 Å². The van der Waals surface area contributed by atoms with E-state index in [9.17, 15) is 0 Å². The average molecular weight is 218 g/mol. The molecule has 0 fully saturated rings. The van der Waals surface area contributed by atoms with Gasteiger partial charge in [-0.2, -0.15) is 5.75 Å². The molecule has 0 aromatic carbocycles. The zero-order chi connectivity index (χ0) is 8.74. The smallest absolute Gasteiger partial charge is 0.793 e. The Morgan fingerprint density at radius 3 is 1.75 bits per heavy atom. The molecule has 0 spiro atoms. The fraction of sp³-hybridized carbons (Fsp3) is 1.00. The fourth-order valence-corrected chi connectivity index (χ4v) is 2.97. The van der Waals surface area contributed by atoms with Crippen LogP contribution in [0.15, 0.2) is 0 Å². The molecule has 3 nitrogen and oxygen atoms in total. The van der Waals surface area contributed by atoms with Crippen LogP contribution in [0.25, 0.3) is 0 Å². The Kier molecular flexibility index (Phi) is 12.0. The van der Waals surface area contributed by atoms with Crippen molar-refractivity contribution in [3.63, 3.8) is 0 Å². The first-order valence-corrected chi connectivity index (χ1v) is 5.99. The van der Waals surface area contributed by atoms with Gasteiger partial charge in [0.15, 0.2) is 0 Å². The standard InChI is InChI=1S/C6H16O3SSi.Na/c1-7-11(8-2,9-3)6-4-5-10;/h10H,4-6H2,1-3H3;/q;+1/p-1. The molecule has 0 aliphatic heterocycles. The molecule has 0 unspecified atom stereocenters. The van der Waals surface area contributed by atoms with Crippen molar-refractivity contribution >= 4 is 21.4 Å². The number of rotatable bonds is 6. The molecule has 0 saturated carbocycles. The third-order valence-corrected chi connectivity index (χ3v) is 4.68. The van der Waals surface area contributed by atoms with E-state index < -0.39 is 8.80 Å². The molecule has 0 aliphatic carbocycles. The van der Waals surface area contributed by atoms with Crippen LogP contribution >= 0.6 is 0 Å². The maximum atomic E-state index is 5.19. The van der Waals surface area contributed by atoms with Crippen LogP contribution in [0.2, 0.25) is 6.04 Å². The molecule has 12 heavy (non-hydrogen) atoms. The van der Waals surface area contributed by atoms with Gasteiger partial charge in [-0.3, -0.25) is 0 Å². The van der Waals surface area contributed by atoms with Crippen LogP contribution in [-0.4, -0.2) is 35.9 Å². The van der Waals surface area contributed by atoms with Crippen molar-refractivity contribution < 1.29 is 42.8 Å². The molecule has 0 N–H and O–H groups in total. The number of hydrogen-bond acceptors (Lipinski definition) is 4. The van der Waals surface area contributed by atoms with Gasteiger partial charge < -0.3 is 25.9 Å². The summed E-state index contributed by atoms with van der Waals surface area (Å²) in [4.78, 5) is 0. The minimum Gasteiger partial charge on any atom is -0.793 e. The first-order chi connectivity index (χ1) is 5.24. The van der Waals surface area contributed by atoms with Gasteiger partial charge in [0.05, 0.1) is 0 Å². The molecule has 0 radical (unpaired) electrons. The Morgan fingerprint density at radius 1 is 1.08 bits per heavy atom. The molecule has 0 bridgehead atoms. The second-order valence-electron chi connectivity index (χ2n) is 2.10. The second-order valence-corrected chi connectivity index (χ2v) is 5.60. The van der Waals surface area contributed by atoms with Crippen molar-refractivity contribution in [1.29, 1.82) is 0 Å². The molecular weight excluding hydrogens is 203 g/mol. The van der Waals surface area contributed by atoms with Crippen LogP contribution in [0.3, 0.4) is 0 Å². The van der Waals surface area contributed by atoms with E-state index >= 15 is 0 Å². The van der Waals surface area contributed by atoms with Crippen LogP contribution in [0, 0.1) is 0 Å². The molecule has 0 saturated heterocycles. The van der Waals surface area contributed by atoms with Gasteiger partial charge in [-0.25, -0.2) is 0 Å². The summed E-state index contributed by atoms with van der Waals surface area (Å²) >= 11 is 4.82. The normalized spacial score (nSPS) is 11.0. The first-order valence-electron chi connectivity index (χ1n) is 3.48. The molecular formula is C6H15NaO3SSi. The molecule has 0 rings (SSSR count). The van der Waals surface area contributed by atoms with Crippen molar-refractivity contribution in [2.75, 3.05) is 27.1 Å². The van der Waals surface area contributed by atoms with Crippen LogP contribution in [-0.2, 0) is 25.9 Å². The molecule has 0 heterocycles. The van der Waals surface area contributed by atoms with Gasteiger partial charge >= 0.3 is 38.4 Å². The van der Waals surface area contributed by atoms with E-state index in [1.807, 2.05) is 0 Å². The monoisotopic (exact) mass is 218 g/mol. The van der Waals surface area contributed by atoms with Crippen molar-refractivity contribution in [1.82, 2.24) is 0 Å². The van der Waals surface area contributed by atoms with Gasteiger partial charge in [-0.1, -0.05) is 6.42 Å². The summed E-state index contributed by atoms with van der Waals surface area (Å²) in [6.45, 7) is 0. The summed E-state index contributed by atoms with van der Waals surface area (Å²) in [5.74, 6) is 0.727. The van der Waals surface area contributed by atoms with E-state index in [4.69, 9.17) is 25.9 Å². The van der Waals surface area contributed by atoms with E-state index in [0.717, 1.165) is 18.2 Å². The zero-order valence-electron chi connectivity index (χ0n) is 8.25. The summed E-state index contributed by atoms with van der Waals surface area (Å²) in [5, 5.41) is 0. The third kappa shape index (κ3) is 5.24. The third-order valence-electron chi connectivity index (χ3n) is 1.56. The van der Waals surface area contributed by atoms with E-state index in [0.29, 0.717) is 0 Å². The maximum Gasteiger partial charge on any atom is 1.00 e. The fourth-order valence-electron chi connectivity index (χ4n) is 0.845. The molecule has 0 aliphatic rings. The summed E-state index contributed by atoms with van der Waals surface area (Å²) in [6, 6.07) is 0.806. The molecule has 0 atom stereocenters. The van der Waals surface area contributed by atoms with Crippen LogP contribution < -0.4 is 29.6 Å². The predicted octanol–water partition coefficient (Wildman–Crippen LogP) is -2.19. The van der Waals surface area contributed by atoms with E-state index in [1.165, 1.54) is 0 Å². The van der Waals surface area contributed by atoms with Crippen molar-refractivity contribution in [2.24, 2.45) is 0 Å². The van der Waals surface area contributed by atoms with Gasteiger partial charge in [-0.15, -0.1) is 0 Å². The van der Waals surface area contributed by atoms with Gasteiger partial charge in [0, 0.05) is 27.4 Å². The average Bonchev–Trinajstić information content (AvgIpc) is 2.08. The van der Waals surface area contributed by atoms with E-state index in [2.05, 4.69) is 0 Å². The second kappa shape index (κ2) is 9.02. The van der Waals surface area contributed by atoms with Crippen molar-refractivity contribution in [3.8, 4) is 0 Å². The maximum absolute atomic E-state index is 5.19. The summed E-state index contributed by atoms with van der Waals surface area (Å²) in [5.41, 5.74) is 0. The van der Waals surface area contributed by atoms with E-state index in [1.54, 1.807) is 21.3 Å². The number of hydrogen-bond donors (Lipinski definition) is 0. The van der Waals surface area contributed by atoms with Gasteiger partial charge in [0.2, 0.25) is 0 Å². The Balaban J connectivity index is 0. The summed E-state index contributed by atoms with van der Waals surface area (Å²) in [6.07, 6.45) is 0.914. The van der Waals surface area contributed by atoms with Gasteiger partial charge in [0.1, 0.15) is 0 Å². The Bertz CT molecular complexity index is 94.5. The van der Waals surface area contributed by atoms with Crippen LogP contribution in [0.5, 0.6) is 0 Å². The summed E-state index contributed by atoms with van der Waals surface area (Å²) < 4.78 is 15.6. The SMILES string of the molecule is CO[Si](CCC[S-])(OC)OC.[Na+]. The topological polar surface area (TPSA) is 27.7 Å².